The number of hydrogen-bond acceptors (Lipinski definition) is 3. The molecule has 4 nitrogen and oxygen atoms in total. The first-order valence-electron chi connectivity index (χ1n) is 7.11. The summed E-state index contributed by atoms with van der Waals surface area (Å²) in [5.74, 6) is -0.393. The monoisotopic (exact) mass is 312 g/mol. The fourth-order valence-electron chi connectivity index (χ4n) is 2.06. The molecule has 0 aliphatic heterocycles. The van der Waals surface area contributed by atoms with E-state index in [9.17, 15) is 9.60 Å². The van der Waals surface area contributed by atoms with Crippen molar-refractivity contribution in [3.63, 3.8) is 0 Å². The minimum absolute atomic E-state index is 0.171. The van der Waals surface area contributed by atoms with Crippen LogP contribution in [0.25, 0.3) is 6.08 Å². The third kappa shape index (κ3) is 4.51. The highest BCUT2D eigenvalue weighted by atomic mass is 19.1. The van der Waals surface area contributed by atoms with E-state index in [0.717, 1.165) is 5.56 Å². The highest BCUT2D eigenvalue weighted by Crippen LogP contribution is 2.09. The van der Waals surface area contributed by atoms with Crippen LogP contribution in [0.1, 0.15) is 18.1 Å². The second kappa shape index (κ2) is 7.89. The van der Waals surface area contributed by atoms with Crippen LogP contribution < -0.4 is 0 Å². The van der Waals surface area contributed by atoms with Gasteiger partial charge in [0.25, 0.3) is 0 Å². The second-order valence-corrected chi connectivity index (χ2v) is 4.95. The standard InChI is InChI=1S/C18H17FN2O2/c1-14(18(20-22)16-9-11-17(19)12-10-16)21(23)13-5-8-15-6-3-2-4-7-15/h2-14,22H,1H3/b8-5+,20-18-,21-13-. The van der Waals surface area contributed by atoms with Crippen molar-refractivity contribution in [2.45, 2.75) is 13.0 Å². The van der Waals surface area contributed by atoms with Gasteiger partial charge in [0.2, 0.25) is 6.04 Å². The zero-order chi connectivity index (χ0) is 16.7. The van der Waals surface area contributed by atoms with Gasteiger partial charge in [0, 0.05) is 18.6 Å². The molecule has 0 heterocycles. The zero-order valence-electron chi connectivity index (χ0n) is 12.6. The van der Waals surface area contributed by atoms with Crippen molar-refractivity contribution in [2.24, 2.45) is 5.16 Å². The predicted octanol–water partition coefficient (Wildman–Crippen LogP) is 3.69. The molecule has 2 aromatic rings. The molecule has 118 valence electrons. The molecule has 0 amide bonds. The van der Waals surface area contributed by atoms with Crippen LogP contribution in [0.3, 0.4) is 0 Å². The molecule has 0 aliphatic carbocycles. The quantitative estimate of drug-likeness (QED) is 0.301. The number of hydrogen-bond donors (Lipinski definition) is 1. The van der Waals surface area contributed by atoms with Crippen LogP contribution in [0, 0.1) is 11.0 Å². The molecule has 0 aliphatic rings. The molecule has 2 aromatic carbocycles. The van der Waals surface area contributed by atoms with Gasteiger partial charge in [-0.25, -0.2) is 9.13 Å². The summed E-state index contributed by atoms with van der Waals surface area (Å²) < 4.78 is 13.6. The molecular formula is C18H17FN2O2. The Kier molecular flexibility index (Phi) is 5.63. The molecule has 1 N–H and O–H groups in total. The molecule has 0 fully saturated rings. The van der Waals surface area contributed by atoms with Crippen molar-refractivity contribution in [3.8, 4) is 0 Å². The van der Waals surface area contributed by atoms with Crippen molar-refractivity contribution < 1.29 is 14.3 Å². The second-order valence-electron chi connectivity index (χ2n) is 4.95. The van der Waals surface area contributed by atoms with Gasteiger partial charge >= 0.3 is 0 Å². The van der Waals surface area contributed by atoms with Crippen LogP contribution >= 0.6 is 0 Å². The fourth-order valence-corrected chi connectivity index (χ4v) is 2.06. The molecule has 0 radical (unpaired) electrons. The normalized spacial score (nSPS) is 14.2. The third-order valence-corrected chi connectivity index (χ3v) is 3.35. The van der Waals surface area contributed by atoms with Crippen LogP contribution in [0.2, 0.25) is 0 Å². The lowest BCUT2D eigenvalue weighted by Crippen LogP contribution is -2.29. The van der Waals surface area contributed by atoms with E-state index in [4.69, 9.17) is 5.21 Å². The van der Waals surface area contributed by atoms with Gasteiger partial charge in [-0.3, -0.25) is 0 Å². The number of oxime groups is 1. The maximum atomic E-state index is 13.0. The lowest BCUT2D eigenvalue weighted by molar-refractivity contribution is -0.471. The molecule has 0 bridgehead atoms. The van der Waals surface area contributed by atoms with E-state index in [0.29, 0.717) is 10.3 Å². The molecular weight excluding hydrogens is 295 g/mol. The zero-order valence-corrected chi connectivity index (χ0v) is 12.6. The minimum atomic E-state index is -0.717. The number of benzene rings is 2. The number of allylic oxidation sites excluding steroid dienone is 1. The Morgan fingerprint density at radius 3 is 2.43 bits per heavy atom. The Bertz CT molecular complexity index is 722. The topological polar surface area (TPSA) is 58.7 Å². The van der Waals surface area contributed by atoms with Crippen molar-refractivity contribution in [1.29, 1.82) is 0 Å². The van der Waals surface area contributed by atoms with E-state index in [2.05, 4.69) is 5.16 Å². The van der Waals surface area contributed by atoms with Crippen LogP contribution in [-0.2, 0) is 0 Å². The van der Waals surface area contributed by atoms with Gasteiger partial charge in [-0.1, -0.05) is 35.5 Å². The molecule has 0 saturated carbocycles. The van der Waals surface area contributed by atoms with E-state index >= 15 is 0 Å². The van der Waals surface area contributed by atoms with E-state index in [1.54, 1.807) is 19.1 Å². The Morgan fingerprint density at radius 2 is 1.83 bits per heavy atom. The van der Waals surface area contributed by atoms with Gasteiger partial charge in [-0.2, -0.15) is 0 Å². The first kappa shape index (κ1) is 16.4. The van der Waals surface area contributed by atoms with Gasteiger partial charge in [0.05, 0.1) is 0 Å². The van der Waals surface area contributed by atoms with Crippen molar-refractivity contribution in [1.82, 2.24) is 0 Å². The minimum Gasteiger partial charge on any atom is -0.623 e. The Hall–Kier alpha value is -2.95. The number of nitrogens with zero attached hydrogens (tertiary/aromatic N) is 2. The van der Waals surface area contributed by atoms with Gasteiger partial charge in [-0.05, 0) is 35.9 Å². The molecule has 1 atom stereocenters. The molecule has 2 rings (SSSR count). The number of hydroxylamine groups is 1. The molecule has 23 heavy (non-hydrogen) atoms. The smallest absolute Gasteiger partial charge is 0.206 e. The third-order valence-electron chi connectivity index (χ3n) is 3.35. The number of halogens is 1. The molecule has 0 spiro atoms. The van der Waals surface area contributed by atoms with Crippen LogP contribution in [-0.4, -0.2) is 27.9 Å². The number of rotatable bonds is 5. The summed E-state index contributed by atoms with van der Waals surface area (Å²) in [6.07, 6.45) is 4.77. The van der Waals surface area contributed by atoms with Crippen molar-refractivity contribution in [2.75, 3.05) is 0 Å². The maximum Gasteiger partial charge on any atom is 0.206 e. The molecule has 5 heteroatoms. The lowest BCUT2D eigenvalue weighted by atomic mass is 10.0. The van der Waals surface area contributed by atoms with Gasteiger partial charge in [0.1, 0.15) is 5.82 Å². The average Bonchev–Trinajstić information content (AvgIpc) is 2.58. The van der Waals surface area contributed by atoms with Crippen molar-refractivity contribution >= 4 is 18.0 Å². The summed E-state index contributed by atoms with van der Waals surface area (Å²) in [4.78, 5) is 0. The maximum absolute atomic E-state index is 13.0. The summed E-state index contributed by atoms with van der Waals surface area (Å²) >= 11 is 0. The van der Waals surface area contributed by atoms with E-state index in [1.807, 2.05) is 30.3 Å². The van der Waals surface area contributed by atoms with E-state index < -0.39 is 11.9 Å². The highest BCUT2D eigenvalue weighted by molar-refractivity contribution is 6.03. The summed E-state index contributed by atoms with van der Waals surface area (Å²) in [7, 11) is 0. The van der Waals surface area contributed by atoms with E-state index in [1.165, 1.54) is 30.5 Å². The predicted molar refractivity (Wildman–Crippen MR) is 89.4 cm³/mol. The van der Waals surface area contributed by atoms with Gasteiger partial charge in [-0.15, -0.1) is 0 Å². The SMILES string of the molecule is CC(/C(=N/O)c1ccc(F)cc1)/[N+]([O-])=C/C=C/c1ccccc1. The average molecular weight is 312 g/mol. The highest BCUT2D eigenvalue weighted by Gasteiger charge is 2.20. The molecule has 0 aromatic heterocycles. The summed E-state index contributed by atoms with van der Waals surface area (Å²) in [6, 6.07) is 14.3. The Balaban J connectivity index is 2.13. The van der Waals surface area contributed by atoms with E-state index in [-0.39, 0.29) is 5.71 Å². The summed E-state index contributed by atoms with van der Waals surface area (Å²) in [5.41, 5.74) is 1.63. The Labute approximate surface area is 134 Å². The van der Waals surface area contributed by atoms with Crippen molar-refractivity contribution in [3.05, 3.63) is 82.8 Å². The first-order chi connectivity index (χ1) is 11.1. The summed E-state index contributed by atoms with van der Waals surface area (Å²) in [6.45, 7) is 1.61. The molecule has 1 unspecified atom stereocenters. The van der Waals surface area contributed by atoms with Crippen LogP contribution in [0.5, 0.6) is 0 Å². The Morgan fingerprint density at radius 1 is 1.17 bits per heavy atom. The van der Waals surface area contributed by atoms with Crippen LogP contribution in [0.4, 0.5) is 4.39 Å². The first-order valence-corrected chi connectivity index (χ1v) is 7.11. The van der Waals surface area contributed by atoms with Gasteiger partial charge in [0.15, 0.2) is 11.9 Å². The molecule has 0 saturated heterocycles. The summed E-state index contributed by atoms with van der Waals surface area (Å²) in [5, 5.41) is 24.5. The fraction of sp³-hybridized carbons (Fsp3) is 0.111. The lowest BCUT2D eigenvalue weighted by Gasteiger charge is -2.13. The largest absolute Gasteiger partial charge is 0.623 e. The van der Waals surface area contributed by atoms with Crippen LogP contribution in [0.15, 0.2) is 65.8 Å². The van der Waals surface area contributed by atoms with Gasteiger partial charge < -0.3 is 10.4 Å².